The zero-order valence-corrected chi connectivity index (χ0v) is 15.0. The van der Waals surface area contributed by atoms with E-state index in [-0.39, 0.29) is 0 Å². The number of rotatable bonds is 5. The van der Waals surface area contributed by atoms with E-state index in [1.807, 2.05) is 19.1 Å². The predicted octanol–water partition coefficient (Wildman–Crippen LogP) is 3.48. The summed E-state index contributed by atoms with van der Waals surface area (Å²) in [7, 11) is 0. The maximum atomic E-state index is 12.7. The molecule has 4 nitrogen and oxygen atoms in total. The first-order chi connectivity index (χ1) is 11.7. The lowest BCUT2D eigenvalue weighted by atomic mass is 10.0. The Bertz CT molecular complexity index is 543. The fourth-order valence-electron chi connectivity index (χ4n) is 4.04. The Morgan fingerprint density at radius 2 is 1.92 bits per heavy atom. The number of nitrogens with zero attached hydrogens (tertiary/aromatic N) is 2. The predicted molar refractivity (Wildman–Crippen MR) is 96.1 cm³/mol. The van der Waals surface area contributed by atoms with E-state index in [0.29, 0.717) is 31.0 Å². The minimum atomic E-state index is 0.305. The molecule has 0 saturated carbocycles. The highest BCUT2D eigenvalue weighted by Crippen LogP contribution is 2.32. The third kappa shape index (κ3) is 4.10. The van der Waals surface area contributed by atoms with Crippen LogP contribution in [0.3, 0.4) is 0 Å². The molecule has 1 amide bonds. The Kier molecular flexibility index (Phi) is 5.77. The van der Waals surface area contributed by atoms with Gasteiger partial charge < -0.3 is 9.64 Å². The van der Waals surface area contributed by atoms with Gasteiger partial charge in [0.05, 0.1) is 13.2 Å². The van der Waals surface area contributed by atoms with Crippen LogP contribution in [0.25, 0.3) is 0 Å². The summed E-state index contributed by atoms with van der Waals surface area (Å²) in [5, 5.41) is 0. The molecular weight excluding hydrogens is 300 g/mol. The topological polar surface area (TPSA) is 32.8 Å². The standard InChI is InChI=1S/C20H30N2O2/c1-3-24-18-10-8-17(9-11-18)19-7-5-12-21(19)15-20(23)22-13-4-6-16(2)14-22/h8-11,16,19H,3-7,12-15H2,1-2H3/t16-,19-/m1/s1. The van der Waals surface area contributed by atoms with Gasteiger partial charge in [-0.25, -0.2) is 0 Å². The fraction of sp³-hybridized carbons (Fsp3) is 0.650. The van der Waals surface area contributed by atoms with E-state index >= 15 is 0 Å². The molecule has 2 aliphatic heterocycles. The molecule has 0 aliphatic carbocycles. The maximum absolute atomic E-state index is 12.7. The van der Waals surface area contributed by atoms with Crippen molar-refractivity contribution in [1.82, 2.24) is 9.80 Å². The van der Waals surface area contributed by atoms with Crippen molar-refractivity contribution in [3.8, 4) is 5.75 Å². The number of carbonyl (C=O) groups excluding carboxylic acids is 1. The van der Waals surface area contributed by atoms with Crippen molar-refractivity contribution in [3.63, 3.8) is 0 Å². The summed E-state index contributed by atoms with van der Waals surface area (Å²) in [4.78, 5) is 17.1. The Morgan fingerprint density at radius 3 is 2.62 bits per heavy atom. The van der Waals surface area contributed by atoms with Crippen molar-refractivity contribution in [2.45, 2.75) is 45.6 Å². The quantitative estimate of drug-likeness (QED) is 0.828. The Hall–Kier alpha value is -1.55. The summed E-state index contributed by atoms with van der Waals surface area (Å²) in [6.45, 7) is 8.39. The van der Waals surface area contributed by atoms with Gasteiger partial charge in [0.25, 0.3) is 0 Å². The van der Waals surface area contributed by atoms with Crippen molar-refractivity contribution in [2.24, 2.45) is 5.92 Å². The number of benzene rings is 1. The minimum absolute atomic E-state index is 0.305. The van der Waals surface area contributed by atoms with Crippen LogP contribution in [0, 0.1) is 5.92 Å². The van der Waals surface area contributed by atoms with Crippen molar-refractivity contribution in [2.75, 3.05) is 32.8 Å². The summed E-state index contributed by atoms with van der Waals surface area (Å²) < 4.78 is 5.53. The molecule has 4 heteroatoms. The average Bonchev–Trinajstić information content (AvgIpc) is 3.04. The highest BCUT2D eigenvalue weighted by atomic mass is 16.5. The molecule has 0 N–H and O–H groups in total. The van der Waals surface area contributed by atoms with E-state index in [4.69, 9.17) is 4.74 Å². The van der Waals surface area contributed by atoms with Gasteiger partial charge in [0.15, 0.2) is 0 Å². The lowest BCUT2D eigenvalue weighted by Crippen LogP contribution is -2.44. The van der Waals surface area contributed by atoms with Gasteiger partial charge in [-0.05, 0) is 62.8 Å². The van der Waals surface area contributed by atoms with Gasteiger partial charge in [0.2, 0.25) is 5.91 Å². The zero-order valence-electron chi connectivity index (χ0n) is 15.0. The van der Waals surface area contributed by atoms with Crippen LogP contribution in [0.1, 0.15) is 51.1 Å². The number of carbonyl (C=O) groups is 1. The van der Waals surface area contributed by atoms with Crippen LogP contribution >= 0.6 is 0 Å². The van der Waals surface area contributed by atoms with Gasteiger partial charge in [0.1, 0.15) is 5.75 Å². The third-order valence-electron chi connectivity index (χ3n) is 5.29. The number of hydrogen-bond donors (Lipinski definition) is 0. The molecule has 1 aromatic carbocycles. The van der Waals surface area contributed by atoms with Gasteiger partial charge in [-0.1, -0.05) is 19.1 Å². The molecule has 2 fully saturated rings. The van der Waals surface area contributed by atoms with Crippen LogP contribution in [0.15, 0.2) is 24.3 Å². The molecule has 0 radical (unpaired) electrons. The molecule has 24 heavy (non-hydrogen) atoms. The third-order valence-corrected chi connectivity index (χ3v) is 5.29. The Balaban J connectivity index is 1.61. The second-order valence-electron chi connectivity index (χ2n) is 7.22. The molecule has 2 heterocycles. The van der Waals surface area contributed by atoms with Crippen molar-refractivity contribution in [3.05, 3.63) is 29.8 Å². The Morgan fingerprint density at radius 1 is 1.17 bits per heavy atom. The van der Waals surface area contributed by atoms with E-state index in [0.717, 1.165) is 38.2 Å². The van der Waals surface area contributed by atoms with Gasteiger partial charge in [-0.2, -0.15) is 0 Å². The normalized spacial score (nSPS) is 25.0. The number of hydrogen-bond acceptors (Lipinski definition) is 3. The highest BCUT2D eigenvalue weighted by Gasteiger charge is 2.30. The summed E-state index contributed by atoms with van der Waals surface area (Å²) in [5.74, 6) is 1.87. The van der Waals surface area contributed by atoms with Crippen LogP contribution in [-0.4, -0.2) is 48.5 Å². The van der Waals surface area contributed by atoms with Gasteiger partial charge in [0, 0.05) is 19.1 Å². The number of ether oxygens (including phenoxy) is 1. The van der Waals surface area contributed by atoms with Gasteiger partial charge in [-0.3, -0.25) is 9.69 Å². The molecule has 0 bridgehead atoms. The SMILES string of the molecule is CCOc1ccc([C@H]2CCCN2CC(=O)N2CCC[C@@H](C)C2)cc1. The van der Waals surface area contributed by atoms with Crippen molar-refractivity contribution >= 4 is 5.91 Å². The lowest BCUT2D eigenvalue weighted by molar-refractivity contribution is -0.134. The maximum Gasteiger partial charge on any atom is 0.236 e. The van der Waals surface area contributed by atoms with Crippen molar-refractivity contribution in [1.29, 1.82) is 0 Å². The molecule has 3 rings (SSSR count). The zero-order chi connectivity index (χ0) is 16.9. The Labute approximate surface area is 145 Å². The molecule has 2 saturated heterocycles. The smallest absolute Gasteiger partial charge is 0.236 e. The molecule has 1 aromatic rings. The van der Waals surface area contributed by atoms with Crippen LogP contribution < -0.4 is 4.74 Å². The molecule has 0 unspecified atom stereocenters. The van der Waals surface area contributed by atoms with Gasteiger partial charge >= 0.3 is 0 Å². The first-order valence-corrected chi connectivity index (χ1v) is 9.42. The summed E-state index contributed by atoms with van der Waals surface area (Å²) >= 11 is 0. The second kappa shape index (κ2) is 8.02. The summed E-state index contributed by atoms with van der Waals surface area (Å²) in [6, 6.07) is 8.77. The van der Waals surface area contributed by atoms with E-state index < -0.39 is 0 Å². The van der Waals surface area contributed by atoms with E-state index in [1.54, 1.807) is 0 Å². The largest absolute Gasteiger partial charge is 0.494 e. The monoisotopic (exact) mass is 330 g/mol. The fourth-order valence-corrected chi connectivity index (χ4v) is 4.04. The van der Waals surface area contributed by atoms with Crippen LogP contribution in [0.5, 0.6) is 5.75 Å². The van der Waals surface area contributed by atoms with E-state index in [1.165, 1.54) is 18.4 Å². The molecular formula is C20H30N2O2. The average molecular weight is 330 g/mol. The molecule has 132 valence electrons. The van der Waals surface area contributed by atoms with Crippen LogP contribution in [0.2, 0.25) is 0 Å². The summed E-state index contributed by atoms with van der Waals surface area (Å²) in [6.07, 6.45) is 4.71. The first-order valence-electron chi connectivity index (χ1n) is 9.42. The van der Waals surface area contributed by atoms with Crippen LogP contribution in [-0.2, 0) is 4.79 Å². The highest BCUT2D eigenvalue weighted by molar-refractivity contribution is 5.78. The molecule has 0 aromatic heterocycles. The van der Waals surface area contributed by atoms with Gasteiger partial charge in [-0.15, -0.1) is 0 Å². The number of amides is 1. The van der Waals surface area contributed by atoms with Crippen LogP contribution in [0.4, 0.5) is 0 Å². The number of piperidine rings is 1. The number of likely N-dealkylation sites (tertiary alicyclic amines) is 2. The molecule has 2 atom stereocenters. The van der Waals surface area contributed by atoms with E-state index in [9.17, 15) is 4.79 Å². The first kappa shape index (κ1) is 17.3. The molecule has 2 aliphatic rings. The summed E-state index contributed by atoms with van der Waals surface area (Å²) in [5.41, 5.74) is 1.30. The second-order valence-corrected chi connectivity index (χ2v) is 7.22. The molecule has 0 spiro atoms. The lowest BCUT2D eigenvalue weighted by Gasteiger charge is -2.33. The van der Waals surface area contributed by atoms with Crippen molar-refractivity contribution < 1.29 is 9.53 Å². The van der Waals surface area contributed by atoms with E-state index in [2.05, 4.69) is 28.9 Å². The minimum Gasteiger partial charge on any atom is -0.494 e.